The summed E-state index contributed by atoms with van der Waals surface area (Å²) < 4.78 is 0. The molecule has 0 unspecified atom stereocenters. The summed E-state index contributed by atoms with van der Waals surface area (Å²) in [4.78, 5) is 26.2. The molecule has 1 aliphatic heterocycles. The van der Waals surface area contributed by atoms with Gasteiger partial charge in [-0.3, -0.25) is 4.79 Å². The maximum atomic E-state index is 12.3. The molecule has 0 aliphatic carbocycles. The van der Waals surface area contributed by atoms with Gasteiger partial charge in [0, 0.05) is 30.0 Å². The molecule has 1 heterocycles. The van der Waals surface area contributed by atoms with E-state index in [4.69, 9.17) is 0 Å². The minimum Gasteiger partial charge on any atom is -0.312 e. The molecule has 5 heteroatoms. The van der Waals surface area contributed by atoms with E-state index in [2.05, 4.69) is 31.4 Å². The third kappa shape index (κ3) is 4.88. The summed E-state index contributed by atoms with van der Waals surface area (Å²) in [7, 11) is 0. The maximum Gasteiger partial charge on any atom is 0.323 e. The van der Waals surface area contributed by atoms with E-state index in [1.165, 1.54) is 5.56 Å². The Kier molecular flexibility index (Phi) is 5.49. The number of carbonyl (C=O) groups excluding carboxylic acids is 2. The number of piperidine rings is 1. The Morgan fingerprint density at radius 1 is 0.963 bits per heavy atom. The molecule has 1 fully saturated rings. The molecule has 0 saturated carbocycles. The lowest BCUT2D eigenvalue weighted by Gasteiger charge is -2.27. The molecule has 27 heavy (non-hydrogen) atoms. The van der Waals surface area contributed by atoms with E-state index in [9.17, 15) is 9.59 Å². The van der Waals surface area contributed by atoms with Crippen molar-refractivity contribution in [1.82, 2.24) is 0 Å². The molecule has 0 radical (unpaired) electrons. The largest absolute Gasteiger partial charge is 0.323 e. The summed E-state index contributed by atoms with van der Waals surface area (Å²) in [6, 6.07) is 15.0. The molecule has 3 amide bonds. The lowest BCUT2D eigenvalue weighted by Crippen LogP contribution is -2.35. The first kappa shape index (κ1) is 19.0. The predicted octanol–water partition coefficient (Wildman–Crippen LogP) is 5.15. The first-order valence-electron chi connectivity index (χ1n) is 9.42. The van der Waals surface area contributed by atoms with Crippen LogP contribution in [0.5, 0.6) is 0 Å². The number of anilines is 3. The minimum absolute atomic E-state index is 0.0765. The van der Waals surface area contributed by atoms with Crippen LogP contribution in [0.25, 0.3) is 0 Å². The summed E-state index contributed by atoms with van der Waals surface area (Å²) in [5.74, 6) is 0.141. The average molecular weight is 365 g/mol. The van der Waals surface area contributed by atoms with Gasteiger partial charge in [0.05, 0.1) is 0 Å². The second-order valence-corrected chi connectivity index (χ2v) is 7.96. The lowest BCUT2D eigenvalue weighted by atomic mass is 9.87. The molecule has 0 spiro atoms. The Morgan fingerprint density at radius 3 is 2.33 bits per heavy atom. The number of urea groups is 1. The Hall–Kier alpha value is -2.82. The fourth-order valence-corrected chi connectivity index (χ4v) is 3.18. The van der Waals surface area contributed by atoms with Gasteiger partial charge >= 0.3 is 6.03 Å². The number of benzene rings is 2. The van der Waals surface area contributed by atoms with Gasteiger partial charge in [-0.2, -0.15) is 0 Å². The first-order valence-corrected chi connectivity index (χ1v) is 9.42. The SMILES string of the molecule is CC(C)(C)c1ccc(NC(=O)Nc2cccc(N3CCCCC3=O)c2)cc1. The fraction of sp³-hybridized carbons (Fsp3) is 0.364. The Balaban J connectivity index is 1.64. The van der Waals surface area contributed by atoms with Crippen molar-refractivity contribution in [3.8, 4) is 0 Å². The Morgan fingerprint density at radius 2 is 1.67 bits per heavy atom. The third-order valence-corrected chi connectivity index (χ3v) is 4.75. The Bertz CT molecular complexity index is 822. The number of nitrogens with zero attached hydrogens (tertiary/aromatic N) is 1. The average Bonchev–Trinajstić information content (AvgIpc) is 2.62. The maximum absolute atomic E-state index is 12.3. The van der Waals surface area contributed by atoms with Crippen LogP contribution in [-0.4, -0.2) is 18.5 Å². The summed E-state index contributed by atoms with van der Waals surface area (Å²) in [6.07, 6.45) is 2.54. The van der Waals surface area contributed by atoms with Gasteiger partial charge in [-0.1, -0.05) is 39.0 Å². The zero-order valence-electron chi connectivity index (χ0n) is 16.2. The van der Waals surface area contributed by atoms with E-state index in [-0.39, 0.29) is 17.4 Å². The molecule has 0 atom stereocenters. The summed E-state index contributed by atoms with van der Waals surface area (Å²) in [6.45, 7) is 7.20. The van der Waals surface area contributed by atoms with Crippen LogP contribution in [0.3, 0.4) is 0 Å². The van der Waals surface area contributed by atoms with Gasteiger partial charge in [0.1, 0.15) is 0 Å². The van der Waals surface area contributed by atoms with Gasteiger partial charge in [-0.25, -0.2) is 4.79 Å². The molecular weight excluding hydrogens is 338 g/mol. The molecule has 3 rings (SSSR count). The van der Waals surface area contributed by atoms with E-state index in [0.29, 0.717) is 12.1 Å². The van der Waals surface area contributed by atoms with Crippen molar-refractivity contribution in [3.63, 3.8) is 0 Å². The monoisotopic (exact) mass is 365 g/mol. The zero-order valence-corrected chi connectivity index (χ0v) is 16.2. The van der Waals surface area contributed by atoms with Crippen LogP contribution < -0.4 is 15.5 Å². The fourth-order valence-electron chi connectivity index (χ4n) is 3.18. The molecular formula is C22H27N3O2. The highest BCUT2D eigenvalue weighted by Crippen LogP contribution is 2.25. The van der Waals surface area contributed by atoms with Gasteiger partial charge < -0.3 is 15.5 Å². The summed E-state index contributed by atoms with van der Waals surface area (Å²) in [5, 5.41) is 5.69. The van der Waals surface area contributed by atoms with E-state index < -0.39 is 0 Å². The van der Waals surface area contributed by atoms with Crippen molar-refractivity contribution < 1.29 is 9.59 Å². The number of amides is 3. The zero-order chi connectivity index (χ0) is 19.4. The van der Waals surface area contributed by atoms with Crippen LogP contribution in [0.15, 0.2) is 48.5 Å². The van der Waals surface area contributed by atoms with Crippen molar-refractivity contribution in [2.24, 2.45) is 0 Å². The highest BCUT2D eigenvalue weighted by Gasteiger charge is 2.20. The van der Waals surface area contributed by atoms with Crippen molar-refractivity contribution in [2.45, 2.75) is 45.4 Å². The molecule has 2 N–H and O–H groups in total. The Labute approximate surface area is 160 Å². The highest BCUT2D eigenvalue weighted by atomic mass is 16.2. The molecule has 0 bridgehead atoms. The first-order chi connectivity index (χ1) is 12.8. The number of hydrogen-bond donors (Lipinski definition) is 2. The number of hydrogen-bond acceptors (Lipinski definition) is 2. The molecule has 1 saturated heterocycles. The topological polar surface area (TPSA) is 61.4 Å². The molecule has 142 valence electrons. The minimum atomic E-state index is -0.305. The summed E-state index contributed by atoms with van der Waals surface area (Å²) in [5.41, 5.74) is 3.52. The van der Waals surface area contributed by atoms with Crippen LogP contribution in [-0.2, 0) is 10.2 Å². The number of carbonyl (C=O) groups is 2. The van der Waals surface area contributed by atoms with E-state index in [0.717, 1.165) is 30.8 Å². The van der Waals surface area contributed by atoms with Gasteiger partial charge in [0.15, 0.2) is 0 Å². The van der Waals surface area contributed by atoms with Gasteiger partial charge in [0.25, 0.3) is 0 Å². The molecule has 2 aromatic carbocycles. The van der Waals surface area contributed by atoms with Crippen molar-refractivity contribution in [2.75, 3.05) is 22.1 Å². The molecule has 0 aromatic heterocycles. The van der Waals surface area contributed by atoms with Crippen molar-refractivity contribution >= 4 is 29.0 Å². The smallest absolute Gasteiger partial charge is 0.312 e. The normalized spacial score (nSPS) is 14.8. The third-order valence-electron chi connectivity index (χ3n) is 4.75. The molecule has 1 aliphatic rings. The quantitative estimate of drug-likeness (QED) is 0.790. The van der Waals surface area contributed by atoms with E-state index in [1.54, 1.807) is 4.90 Å². The van der Waals surface area contributed by atoms with Gasteiger partial charge in [-0.05, 0) is 54.2 Å². The molecule has 2 aromatic rings. The standard InChI is InChI=1S/C22H27N3O2/c1-22(2,3)16-10-12-17(13-11-16)23-21(27)24-18-7-6-8-19(15-18)25-14-5-4-9-20(25)26/h6-8,10-13,15H,4-5,9,14H2,1-3H3,(H2,23,24,27). The highest BCUT2D eigenvalue weighted by molar-refractivity contribution is 6.00. The van der Waals surface area contributed by atoms with Gasteiger partial charge in [0.2, 0.25) is 5.91 Å². The number of nitrogens with one attached hydrogen (secondary N) is 2. The second kappa shape index (κ2) is 7.82. The summed E-state index contributed by atoms with van der Waals surface area (Å²) >= 11 is 0. The van der Waals surface area contributed by atoms with Crippen LogP contribution >= 0.6 is 0 Å². The van der Waals surface area contributed by atoms with Crippen LogP contribution in [0.1, 0.15) is 45.6 Å². The second-order valence-electron chi connectivity index (χ2n) is 7.96. The lowest BCUT2D eigenvalue weighted by molar-refractivity contribution is -0.119. The van der Waals surface area contributed by atoms with Crippen molar-refractivity contribution in [1.29, 1.82) is 0 Å². The van der Waals surface area contributed by atoms with Crippen LogP contribution in [0.2, 0.25) is 0 Å². The van der Waals surface area contributed by atoms with E-state index >= 15 is 0 Å². The van der Waals surface area contributed by atoms with Crippen LogP contribution in [0, 0.1) is 0 Å². The van der Waals surface area contributed by atoms with Gasteiger partial charge in [-0.15, -0.1) is 0 Å². The van der Waals surface area contributed by atoms with Crippen LogP contribution in [0.4, 0.5) is 21.9 Å². The predicted molar refractivity (Wildman–Crippen MR) is 110 cm³/mol. The van der Waals surface area contributed by atoms with E-state index in [1.807, 2.05) is 48.5 Å². The number of rotatable bonds is 3. The van der Waals surface area contributed by atoms with Crippen molar-refractivity contribution in [3.05, 3.63) is 54.1 Å². The molecule has 5 nitrogen and oxygen atoms in total.